The van der Waals surface area contributed by atoms with Crippen LogP contribution in [-0.2, 0) is 6.54 Å². The van der Waals surface area contributed by atoms with Crippen LogP contribution in [0.1, 0.15) is 9.75 Å². The molecule has 1 aromatic carbocycles. The Morgan fingerprint density at radius 1 is 1.25 bits per heavy atom. The van der Waals surface area contributed by atoms with Gasteiger partial charge in [0.05, 0.1) is 5.69 Å². The smallest absolute Gasteiger partial charge is 0.163 e. The highest BCUT2D eigenvalue weighted by atomic mass is 79.9. The number of halogens is 1. The van der Waals surface area contributed by atoms with Gasteiger partial charge in [0.2, 0.25) is 0 Å². The maximum atomic E-state index is 8.81. The van der Waals surface area contributed by atoms with Gasteiger partial charge >= 0.3 is 0 Å². The SMILES string of the molecule is N#Cc1ccc(CNc2cc3c(cc2Br)OCCO3)s1. The van der Waals surface area contributed by atoms with Gasteiger partial charge in [-0.15, -0.1) is 11.3 Å². The Kier molecular flexibility index (Phi) is 3.81. The summed E-state index contributed by atoms with van der Waals surface area (Å²) in [6, 6.07) is 9.77. The van der Waals surface area contributed by atoms with Gasteiger partial charge in [-0.05, 0) is 28.1 Å². The van der Waals surface area contributed by atoms with Crippen molar-refractivity contribution in [3.63, 3.8) is 0 Å². The van der Waals surface area contributed by atoms with Crippen molar-refractivity contribution in [3.05, 3.63) is 38.5 Å². The van der Waals surface area contributed by atoms with Gasteiger partial charge in [0.15, 0.2) is 11.5 Å². The molecular formula is C14H11BrN2O2S. The van der Waals surface area contributed by atoms with Crippen LogP contribution < -0.4 is 14.8 Å². The number of benzene rings is 1. The van der Waals surface area contributed by atoms with Crippen molar-refractivity contribution in [1.82, 2.24) is 0 Å². The summed E-state index contributed by atoms with van der Waals surface area (Å²) in [6.45, 7) is 1.83. The number of nitriles is 1. The predicted molar refractivity (Wildman–Crippen MR) is 81.5 cm³/mol. The first-order valence-corrected chi connectivity index (χ1v) is 7.69. The summed E-state index contributed by atoms with van der Waals surface area (Å²) in [7, 11) is 0. The number of nitrogens with one attached hydrogen (secondary N) is 1. The first-order valence-electron chi connectivity index (χ1n) is 6.08. The molecule has 2 heterocycles. The Bertz CT molecular complexity index is 678. The zero-order chi connectivity index (χ0) is 13.9. The van der Waals surface area contributed by atoms with E-state index in [1.165, 1.54) is 11.3 Å². The van der Waals surface area contributed by atoms with Gasteiger partial charge in [-0.2, -0.15) is 5.26 Å². The topological polar surface area (TPSA) is 54.3 Å². The third-order valence-electron chi connectivity index (χ3n) is 2.86. The van der Waals surface area contributed by atoms with Crippen LogP contribution in [-0.4, -0.2) is 13.2 Å². The highest BCUT2D eigenvalue weighted by Gasteiger charge is 2.14. The molecule has 0 spiro atoms. The lowest BCUT2D eigenvalue weighted by atomic mass is 10.2. The first kappa shape index (κ1) is 13.3. The third kappa shape index (κ3) is 2.74. The van der Waals surface area contributed by atoms with Crippen LogP contribution >= 0.6 is 27.3 Å². The molecule has 1 N–H and O–H groups in total. The van der Waals surface area contributed by atoms with Crippen molar-refractivity contribution < 1.29 is 9.47 Å². The van der Waals surface area contributed by atoms with Crippen LogP contribution in [0, 0.1) is 11.3 Å². The van der Waals surface area contributed by atoms with Crippen LogP contribution in [0.4, 0.5) is 5.69 Å². The molecule has 0 radical (unpaired) electrons. The molecule has 0 unspecified atom stereocenters. The van der Waals surface area contributed by atoms with Crippen molar-refractivity contribution in [1.29, 1.82) is 5.26 Å². The van der Waals surface area contributed by atoms with Gasteiger partial charge in [0.1, 0.15) is 24.2 Å². The van der Waals surface area contributed by atoms with E-state index >= 15 is 0 Å². The summed E-state index contributed by atoms with van der Waals surface area (Å²) in [6.07, 6.45) is 0. The van der Waals surface area contributed by atoms with Crippen LogP contribution in [0.2, 0.25) is 0 Å². The molecule has 0 saturated heterocycles. The number of ether oxygens (including phenoxy) is 2. The Balaban J connectivity index is 1.75. The van der Waals surface area contributed by atoms with E-state index in [2.05, 4.69) is 27.3 Å². The minimum atomic E-state index is 0.574. The monoisotopic (exact) mass is 350 g/mol. The minimum absolute atomic E-state index is 0.574. The summed E-state index contributed by atoms with van der Waals surface area (Å²) in [5.41, 5.74) is 0.946. The molecule has 6 heteroatoms. The lowest BCUT2D eigenvalue weighted by Crippen LogP contribution is -2.15. The summed E-state index contributed by atoms with van der Waals surface area (Å²) >= 11 is 5.01. The maximum Gasteiger partial charge on any atom is 0.163 e. The fourth-order valence-corrected chi connectivity index (χ4v) is 3.12. The normalized spacial score (nSPS) is 12.8. The molecule has 3 rings (SSSR count). The number of anilines is 1. The molecule has 2 aromatic rings. The van der Waals surface area contributed by atoms with Crippen molar-refractivity contribution in [2.75, 3.05) is 18.5 Å². The fourth-order valence-electron chi connectivity index (χ4n) is 1.91. The summed E-state index contributed by atoms with van der Waals surface area (Å²) < 4.78 is 12.0. The van der Waals surface area contributed by atoms with E-state index < -0.39 is 0 Å². The highest BCUT2D eigenvalue weighted by Crippen LogP contribution is 2.38. The van der Waals surface area contributed by atoms with Crippen LogP contribution in [0.3, 0.4) is 0 Å². The van der Waals surface area contributed by atoms with Crippen LogP contribution in [0.25, 0.3) is 0 Å². The van der Waals surface area contributed by atoms with Crippen molar-refractivity contribution in [2.24, 2.45) is 0 Å². The van der Waals surface area contributed by atoms with Gasteiger partial charge in [-0.3, -0.25) is 0 Å². The molecule has 1 aromatic heterocycles. The number of rotatable bonds is 3. The number of hydrogen-bond donors (Lipinski definition) is 1. The van der Waals surface area contributed by atoms with Gasteiger partial charge in [0.25, 0.3) is 0 Å². The Labute approximate surface area is 129 Å². The van der Waals surface area contributed by atoms with E-state index in [1.54, 1.807) is 0 Å². The highest BCUT2D eigenvalue weighted by molar-refractivity contribution is 9.10. The molecule has 102 valence electrons. The lowest BCUT2D eigenvalue weighted by Gasteiger charge is -2.20. The zero-order valence-corrected chi connectivity index (χ0v) is 12.9. The average Bonchev–Trinajstić information content (AvgIpc) is 2.93. The predicted octanol–water partition coefficient (Wildman–Crippen LogP) is 3.77. The molecule has 1 aliphatic rings. The van der Waals surface area contributed by atoms with Crippen molar-refractivity contribution >= 4 is 33.0 Å². The number of fused-ring (bicyclic) bond motifs is 1. The van der Waals surface area contributed by atoms with Gasteiger partial charge in [0, 0.05) is 28.0 Å². The molecular weight excluding hydrogens is 340 g/mol. The lowest BCUT2D eigenvalue weighted by molar-refractivity contribution is 0.171. The van der Waals surface area contributed by atoms with E-state index in [4.69, 9.17) is 14.7 Å². The quantitative estimate of drug-likeness (QED) is 0.915. The molecule has 0 amide bonds. The molecule has 1 aliphatic heterocycles. The fraction of sp³-hybridized carbons (Fsp3) is 0.214. The second-order valence-corrected chi connectivity index (χ2v) is 6.23. The Hall–Kier alpha value is -1.71. The number of nitrogens with zero attached hydrogens (tertiary/aromatic N) is 1. The van der Waals surface area contributed by atoms with Crippen LogP contribution in [0.5, 0.6) is 11.5 Å². The molecule has 4 nitrogen and oxygen atoms in total. The van der Waals surface area contributed by atoms with E-state index in [9.17, 15) is 0 Å². The van der Waals surface area contributed by atoms with Crippen LogP contribution in [0.15, 0.2) is 28.7 Å². The minimum Gasteiger partial charge on any atom is -0.486 e. The second kappa shape index (κ2) is 5.73. The van der Waals surface area contributed by atoms with Gasteiger partial charge in [-0.1, -0.05) is 0 Å². The number of thiophene rings is 1. The standard InChI is InChI=1S/C14H11BrN2O2S/c15-11-5-13-14(19-4-3-18-13)6-12(11)17-8-10-2-1-9(7-16)20-10/h1-2,5-6,17H,3-4,8H2. The van der Waals surface area contributed by atoms with E-state index in [1.807, 2.05) is 24.3 Å². The third-order valence-corrected chi connectivity index (χ3v) is 4.50. The maximum absolute atomic E-state index is 8.81. The number of hydrogen-bond acceptors (Lipinski definition) is 5. The zero-order valence-electron chi connectivity index (χ0n) is 10.5. The molecule has 0 bridgehead atoms. The summed E-state index contributed by atoms with van der Waals surface area (Å²) in [5, 5.41) is 12.2. The van der Waals surface area contributed by atoms with E-state index in [0.29, 0.717) is 19.8 Å². The summed E-state index contributed by atoms with van der Waals surface area (Å²) in [5.74, 6) is 1.52. The Morgan fingerprint density at radius 2 is 2.00 bits per heavy atom. The molecule has 0 aliphatic carbocycles. The molecule has 0 atom stereocenters. The van der Waals surface area contributed by atoms with Crippen molar-refractivity contribution in [3.8, 4) is 17.6 Å². The van der Waals surface area contributed by atoms with Gasteiger partial charge in [-0.25, -0.2) is 0 Å². The molecule has 0 fully saturated rings. The second-order valence-electron chi connectivity index (χ2n) is 4.21. The summed E-state index contributed by atoms with van der Waals surface area (Å²) in [4.78, 5) is 1.84. The van der Waals surface area contributed by atoms with Gasteiger partial charge < -0.3 is 14.8 Å². The Morgan fingerprint density at radius 3 is 2.70 bits per heavy atom. The molecule has 0 saturated carbocycles. The molecule has 20 heavy (non-hydrogen) atoms. The average molecular weight is 351 g/mol. The first-order chi connectivity index (χ1) is 9.76. The largest absolute Gasteiger partial charge is 0.486 e. The van der Waals surface area contributed by atoms with Crippen molar-refractivity contribution in [2.45, 2.75) is 6.54 Å². The van der Waals surface area contributed by atoms with E-state index in [-0.39, 0.29) is 0 Å². The van der Waals surface area contributed by atoms with E-state index in [0.717, 1.165) is 31.4 Å².